The smallest absolute Gasteiger partial charge is 0.338 e. The first kappa shape index (κ1) is 28.9. The molecule has 1 fully saturated rings. The first-order valence-electron chi connectivity index (χ1n) is 12.9. The third kappa shape index (κ3) is 5.90. The summed E-state index contributed by atoms with van der Waals surface area (Å²) < 4.78 is 19.7. The predicted molar refractivity (Wildman–Crippen MR) is 147 cm³/mol. The van der Waals surface area contributed by atoms with Crippen LogP contribution < -0.4 is 5.32 Å². The van der Waals surface area contributed by atoms with Gasteiger partial charge in [0.25, 0.3) is 5.91 Å². The standard InChI is InChI=1S/C28H31Cl2FN4O4/c1-4-34-22(16-33-13-14-35(17(3)15-33)26(36)18-9-6-7-12-21(18)31)23(27(37)39-5-2)25(32-28(34)38)19-10-8-11-20(29)24(19)30/h6-12,17,25H,4-5,13-16H2,1-3H3,(H,32,38)/t17-,25-/m1/s1. The maximum Gasteiger partial charge on any atom is 0.338 e. The van der Waals surface area contributed by atoms with Gasteiger partial charge in [-0.3, -0.25) is 14.6 Å². The number of carbonyl (C=O) groups excluding carboxylic acids is 3. The van der Waals surface area contributed by atoms with Gasteiger partial charge in [-0.15, -0.1) is 0 Å². The summed E-state index contributed by atoms with van der Waals surface area (Å²) in [6.45, 7) is 7.45. The molecule has 8 nitrogen and oxygen atoms in total. The zero-order chi connectivity index (χ0) is 28.3. The molecule has 0 saturated carbocycles. The molecule has 2 aromatic rings. The molecule has 1 N–H and O–H groups in total. The van der Waals surface area contributed by atoms with Crippen molar-refractivity contribution in [3.05, 3.63) is 80.7 Å². The number of likely N-dealkylation sites (N-methyl/N-ethyl adjacent to an activating group) is 1. The van der Waals surface area contributed by atoms with Crippen molar-refractivity contribution < 1.29 is 23.5 Å². The Balaban J connectivity index is 1.66. The molecule has 39 heavy (non-hydrogen) atoms. The number of ether oxygens (including phenoxy) is 1. The van der Waals surface area contributed by atoms with Gasteiger partial charge in [0.1, 0.15) is 5.82 Å². The zero-order valence-electron chi connectivity index (χ0n) is 22.0. The summed E-state index contributed by atoms with van der Waals surface area (Å²) >= 11 is 12.8. The lowest BCUT2D eigenvalue weighted by Gasteiger charge is -2.43. The minimum absolute atomic E-state index is 0.0347. The highest BCUT2D eigenvalue weighted by molar-refractivity contribution is 6.42. The number of urea groups is 1. The molecule has 0 aromatic heterocycles. The number of benzene rings is 2. The number of amides is 3. The van der Waals surface area contributed by atoms with Crippen molar-refractivity contribution in [2.45, 2.75) is 32.9 Å². The number of nitrogens with one attached hydrogen (secondary N) is 1. The third-order valence-corrected chi connectivity index (χ3v) is 7.83. The number of esters is 1. The van der Waals surface area contributed by atoms with Gasteiger partial charge in [-0.1, -0.05) is 47.5 Å². The minimum atomic E-state index is -0.859. The van der Waals surface area contributed by atoms with Gasteiger partial charge in [0.15, 0.2) is 0 Å². The lowest BCUT2D eigenvalue weighted by Crippen LogP contribution is -2.56. The number of carbonyl (C=O) groups is 3. The van der Waals surface area contributed by atoms with Crippen molar-refractivity contribution in [2.75, 3.05) is 39.3 Å². The van der Waals surface area contributed by atoms with Crippen LogP contribution in [0.2, 0.25) is 10.0 Å². The van der Waals surface area contributed by atoms with Crippen molar-refractivity contribution in [1.82, 2.24) is 20.0 Å². The van der Waals surface area contributed by atoms with Gasteiger partial charge in [-0.2, -0.15) is 0 Å². The molecule has 0 radical (unpaired) electrons. The fourth-order valence-electron chi connectivity index (χ4n) is 5.11. The van der Waals surface area contributed by atoms with E-state index >= 15 is 0 Å². The van der Waals surface area contributed by atoms with Crippen LogP contribution in [0, 0.1) is 5.82 Å². The van der Waals surface area contributed by atoms with Gasteiger partial charge in [-0.05, 0) is 44.5 Å². The van der Waals surface area contributed by atoms with E-state index in [1.54, 1.807) is 42.2 Å². The van der Waals surface area contributed by atoms with E-state index < -0.39 is 17.8 Å². The van der Waals surface area contributed by atoms with E-state index in [2.05, 4.69) is 10.2 Å². The van der Waals surface area contributed by atoms with E-state index in [0.717, 1.165) is 0 Å². The topological polar surface area (TPSA) is 82.2 Å². The molecule has 2 aromatic carbocycles. The predicted octanol–water partition coefficient (Wildman–Crippen LogP) is 4.88. The van der Waals surface area contributed by atoms with Crippen LogP contribution in [-0.2, 0) is 9.53 Å². The molecule has 208 valence electrons. The van der Waals surface area contributed by atoms with E-state index in [4.69, 9.17) is 27.9 Å². The van der Waals surface area contributed by atoms with Crippen LogP contribution in [0.1, 0.15) is 42.7 Å². The molecule has 3 amide bonds. The summed E-state index contributed by atoms with van der Waals surface area (Å²) in [6, 6.07) is 9.52. The number of halogens is 3. The molecule has 2 atom stereocenters. The first-order valence-corrected chi connectivity index (χ1v) is 13.6. The Bertz CT molecular complexity index is 1300. The largest absolute Gasteiger partial charge is 0.463 e. The average molecular weight is 577 g/mol. The molecule has 0 spiro atoms. The second-order valence-corrected chi connectivity index (χ2v) is 10.2. The summed E-state index contributed by atoms with van der Waals surface area (Å²) in [7, 11) is 0. The lowest BCUT2D eigenvalue weighted by atomic mass is 9.93. The number of hydrogen-bond acceptors (Lipinski definition) is 5. The molecular weight excluding hydrogens is 546 g/mol. The monoisotopic (exact) mass is 576 g/mol. The van der Waals surface area contributed by atoms with Gasteiger partial charge < -0.3 is 15.0 Å². The first-order chi connectivity index (χ1) is 18.7. The summed E-state index contributed by atoms with van der Waals surface area (Å²) in [4.78, 5) is 44.9. The van der Waals surface area contributed by atoms with E-state index in [1.165, 1.54) is 17.0 Å². The van der Waals surface area contributed by atoms with E-state index in [0.29, 0.717) is 42.5 Å². The Labute approximate surface area is 237 Å². The van der Waals surface area contributed by atoms with Gasteiger partial charge >= 0.3 is 12.0 Å². The van der Waals surface area contributed by atoms with E-state index in [-0.39, 0.29) is 47.3 Å². The van der Waals surface area contributed by atoms with E-state index in [1.807, 2.05) is 13.8 Å². The summed E-state index contributed by atoms with van der Waals surface area (Å²) in [5.41, 5.74) is 1.30. The molecular formula is C28H31Cl2FN4O4. The molecule has 0 aliphatic carbocycles. The molecule has 0 bridgehead atoms. The number of hydrogen-bond donors (Lipinski definition) is 1. The molecule has 2 aliphatic rings. The molecule has 0 unspecified atom stereocenters. The normalized spacial score (nSPS) is 20.2. The second kappa shape index (κ2) is 12.4. The van der Waals surface area contributed by atoms with Gasteiger partial charge in [0.2, 0.25) is 0 Å². The average Bonchev–Trinajstić information content (AvgIpc) is 2.90. The molecule has 2 heterocycles. The summed E-state index contributed by atoms with van der Waals surface area (Å²) in [5.74, 6) is -1.48. The fraction of sp³-hybridized carbons (Fsp3) is 0.393. The van der Waals surface area contributed by atoms with Gasteiger partial charge in [-0.25, -0.2) is 14.0 Å². The number of piperazine rings is 1. The fourth-order valence-corrected chi connectivity index (χ4v) is 5.53. The minimum Gasteiger partial charge on any atom is -0.463 e. The van der Waals surface area contributed by atoms with Crippen LogP contribution in [0.4, 0.5) is 9.18 Å². The van der Waals surface area contributed by atoms with Crippen molar-refractivity contribution in [3.8, 4) is 0 Å². The zero-order valence-corrected chi connectivity index (χ0v) is 23.6. The maximum absolute atomic E-state index is 14.3. The molecule has 1 saturated heterocycles. The van der Waals surface area contributed by atoms with Crippen LogP contribution in [0.5, 0.6) is 0 Å². The van der Waals surface area contributed by atoms with Crippen molar-refractivity contribution >= 4 is 41.1 Å². The van der Waals surface area contributed by atoms with Gasteiger partial charge in [0, 0.05) is 44.5 Å². The Morgan fingerprint density at radius 1 is 1.10 bits per heavy atom. The Morgan fingerprint density at radius 3 is 2.51 bits per heavy atom. The van der Waals surface area contributed by atoms with Crippen LogP contribution >= 0.6 is 23.2 Å². The second-order valence-electron chi connectivity index (χ2n) is 9.41. The van der Waals surface area contributed by atoms with Crippen LogP contribution in [0.3, 0.4) is 0 Å². The number of nitrogens with zero attached hydrogens (tertiary/aromatic N) is 3. The quantitative estimate of drug-likeness (QED) is 0.475. The number of rotatable bonds is 7. The lowest BCUT2D eigenvalue weighted by molar-refractivity contribution is -0.139. The Hall–Kier alpha value is -3.14. The van der Waals surface area contributed by atoms with Crippen molar-refractivity contribution in [2.24, 2.45) is 0 Å². The summed E-state index contributed by atoms with van der Waals surface area (Å²) in [6.07, 6.45) is 0. The SMILES string of the molecule is CCOC(=O)C1=C(CN2CCN(C(=O)c3ccccc3F)[C@H](C)C2)N(CC)C(=O)N[C@@H]1c1cccc(Cl)c1Cl. The highest BCUT2D eigenvalue weighted by Gasteiger charge is 2.40. The highest BCUT2D eigenvalue weighted by atomic mass is 35.5. The van der Waals surface area contributed by atoms with Gasteiger partial charge in [0.05, 0.1) is 33.8 Å². The summed E-state index contributed by atoms with van der Waals surface area (Å²) in [5, 5.41) is 3.43. The Morgan fingerprint density at radius 2 is 1.85 bits per heavy atom. The Kier molecular flexibility index (Phi) is 9.15. The third-order valence-electron chi connectivity index (χ3n) is 6.99. The van der Waals surface area contributed by atoms with E-state index in [9.17, 15) is 18.8 Å². The molecule has 2 aliphatic heterocycles. The maximum atomic E-state index is 14.3. The molecule has 4 rings (SSSR count). The highest BCUT2D eigenvalue weighted by Crippen LogP contribution is 2.38. The van der Waals surface area contributed by atoms with Crippen molar-refractivity contribution in [1.29, 1.82) is 0 Å². The van der Waals surface area contributed by atoms with Crippen LogP contribution in [-0.4, -0.2) is 78.0 Å². The van der Waals surface area contributed by atoms with Crippen LogP contribution in [0.15, 0.2) is 53.7 Å². The molecule has 11 heteroatoms. The van der Waals surface area contributed by atoms with Crippen LogP contribution in [0.25, 0.3) is 0 Å². The van der Waals surface area contributed by atoms with Crippen molar-refractivity contribution in [3.63, 3.8) is 0 Å².